The molecule has 0 aliphatic heterocycles. The second-order valence-corrected chi connectivity index (χ2v) is 7.06. The third-order valence-electron chi connectivity index (χ3n) is 4.59. The first kappa shape index (κ1) is 15.6. The van der Waals surface area contributed by atoms with Crippen molar-refractivity contribution in [2.75, 3.05) is 0 Å². The van der Waals surface area contributed by atoms with Gasteiger partial charge in [-0.05, 0) is 67.3 Å². The molecule has 5 heteroatoms. The summed E-state index contributed by atoms with van der Waals surface area (Å²) in [6, 6.07) is 13.0. The van der Waals surface area contributed by atoms with E-state index >= 15 is 0 Å². The first-order valence-corrected chi connectivity index (χ1v) is 8.71. The highest BCUT2D eigenvalue weighted by atomic mass is 35.5. The van der Waals surface area contributed by atoms with Crippen LogP contribution in [0.25, 0.3) is 10.9 Å². The molecule has 1 aliphatic rings. The zero-order valence-corrected chi connectivity index (χ0v) is 14.4. The number of fused-ring (bicyclic) bond motifs is 3. The molecule has 0 radical (unpaired) electrons. The maximum Gasteiger partial charge on any atom is 0.251 e. The van der Waals surface area contributed by atoms with Gasteiger partial charge in [-0.3, -0.25) is 4.79 Å². The van der Waals surface area contributed by atoms with Crippen molar-refractivity contribution < 1.29 is 4.79 Å². The Morgan fingerprint density at radius 1 is 1.08 bits per heavy atom. The van der Waals surface area contributed by atoms with Gasteiger partial charge in [0.25, 0.3) is 5.91 Å². The van der Waals surface area contributed by atoms with Gasteiger partial charge in [0.05, 0.1) is 0 Å². The number of aryl methyl sites for hydroxylation is 1. The van der Waals surface area contributed by atoms with Gasteiger partial charge in [0.15, 0.2) is 0 Å². The molecule has 2 aromatic carbocycles. The molecule has 1 amide bonds. The molecule has 1 aromatic heterocycles. The van der Waals surface area contributed by atoms with E-state index in [0.29, 0.717) is 10.6 Å². The minimum Gasteiger partial charge on any atom is -0.358 e. The van der Waals surface area contributed by atoms with Crippen LogP contribution < -0.4 is 5.32 Å². The molecule has 1 aliphatic carbocycles. The van der Waals surface area contributed by atoms with Gasteiger partial charge in [-0.1, -0.05) is 23.2 Å². The lowest BCUT2D eigenvalue weighted by molar-refractivity contribution is 0.0933. The molecule has 1 heterocycles. The lowest BCUT2D eigenvalue weighted by atomic mass is 9.91. The van der Waals surface area contributed by atoms with Crippen LogP contribution in [0.5, 0.6) is 0 Å². The van der Waals surface area contributed by atoms with Crippen molar-refractivity contribution in [3.63, 3.8) is 0 Å². The molecule has 2 N–H and O–H groups in total. The maximum absolute atomic E-state index is 12.4. The fraction of sp³-hybridized carbons (Fsp3) is 0.211. The fourth-order valence-corrected chi connectivity index (χ4v) is 3.68. The number of nitrogens with one attached hydrogen (secondary N) is 2. The van der Waals surface area contributed by atoms with Crippen molar-refractivity contribution in [3.05, 3.63) is 69.3 Å². The molecule has 24 heavy (non-hydrogen) atoms. The van der Waals surface area contributed by atoms with E-state index < -0.39 is 0 Å². The van der Waals surface area contributed by atoms with Crippen LogP contribution in [0.4, 0.5) is 0 Å². The van der Waals surface area contributed by atoms with E-state index in [-0.39, 0.29) is 11.9 Å². The van der Waals surface area contributed by atoms with Crippen LogP contribution in [0, 0.1) is 0 Å². The number of halogens is 2. The molecule has 4 rings (SSSR count). The van der Waals surface area contributed by atoms with Crippen molar-refractivity contribution >= 4 is 40.0 Å². The molecule has 0 spiro atoms. The largest absolute Gasteiger partial charge is 0.358 e. The Morgan fingerprint density at radius 3 is 2.62 bits per heavy atom. The Labute approximate surface area is 150 Å². The number of benzene rings is 2. The van der Waals surface area contributed by atoms with Crippen LogP contribution >= 0.6 is 23.2 Å². The summed E-state index contributed by atoms with van der Waals surface area (Å²) in [5.74, 6) is -0.0574. The number of aromatic nitrogens is 1. The van der Waals surface area contributed by atoms with E-state index in [4.69, 9.17) is 23.2 Å². The zero-order valence-electron chi connectivity index (χ0n) is 12.9. The van der Waals surface area contributed by atoms with Crippen molar-refractivity contribution in [1.82, 2.24) is 10.3 Å². The van der Waals surface area contributed by atoms with Crippen LogP contribution in [0.2, 0.25) is 10.0 Å². The highest BCUT2D eigenvalue weighted by Crippen LogP contribution is 2.31. The summed E-state index contributed by atoms with van der Waals surface area (Å²) < 4.78 is 0. The monoisotopic (exact) mass is 358 g/mol. The van der Waals surface area contributed by atoms with E-state index in [9.17, 15) is 4.79 Å². The van der Waals surface area contributed by atoms with E-state index in [1.165, 1.54) is 11.3 Å². The number of carbonyl (C=O) groups excluding carboxylic acids is 1. The van der Waals surface area contributed by atoms with Crippen molar-refractivity contribution in [2.24, 2.45) is 0 Å². The topological polar surface area (TPSA) is 44.9 Å². The van der Waals surface area contributed by atoms with E-state index in [1.54, 1.807) is 24.3 Å². The van der Waals surface area contributed by atoms with Crippen LogP contribution in [0.1, 0.15) is 28.0 Å². The van der Waals surface area contributed by atoms with E-state index in [1.807, 2.05) is 18.2 Å². The predicted octanol–water partition coefficient (Wildman–Crippen LogP) is 4.76. The lowest BCUT2D eigenvalue weighted by Crippen LogP contribution is -2.38. The highest BCUT2D eigenvalue weighted by molar-refractivity contribution is 6.31. The Balaban J connectivity index is 1.55. The van der Waals surface area contributed by atoms with E-state index in [0.717, 1.165) is 35.2 Å². The number of H-pyrrole nitrogens is 1. The van der Waals surface area contributed by atoms with Crippen LogP contribution in [0.3, 0.4) is 0 Å². The molecule has 122 valence electrons. The van der Waals surface area contributed by atoms with Crippen LogP contribution in [-0.4, -0.2) is 16.9 Å². The molecule has 0 bridgehead atoms. The third-order valence-corrected chi connectivity index (χ3v) is 5.08. The smallest absolute Gasteiger partial charge is 0.251 e. The molecular formula is C19H16Cl2N2O. The SMILES string of the molecule is O=C(NC1CCc2[nH]c3ccc(Cl)cc3c2C1)c1ccc(Cl)cc1. The molecule has 3 aromatic rings. The number of aromatic amines is 1. The van der Waals surface area contributed by atoms with Crippen LogP contribution in [0.15, 0.2) is 42.5 Å². The van der Waals surface area contributed by atoms with Crippen molar-refractivity contribution in [2.45, 2.75) is 25.3 Å². The van der Waals surface area contributed by atoms with Gasteiger partial charge in [0, 0.05) is 38.2 Å². The first-order chi connectivity index (χ1) is 11.6. The van der Waals surface area contributed by atoms with Crippen LogP contribution in [-0.2, 0) is 12.8 Å². The molecule has 1 unspecified atom stereocenters. The standard InChI is InChI=1S/C19H16Cl2N2O/c20-12-3-1-11(2-4-12)19(24)22-14-6-8-18-16(10-14)15-9-13(21)5-7-17(15)23-18/h1-5,7,9,14,23H,6,8,10H2,(H,22,24). The first-order valence-electron chi connectivity index (χ1n) is 7.95. The van der Waals surface area contributed by atoms with Gasteiger partial charge in [0.2, 0.25) is 0 Å². The van der Waals surface area contributed by atoms with Gasteiger partial charge in [-0.2, -0.15) is 0 Å². The second kappa shape index (κ2) is 6.15. The number of amides is 1. The number of rotatable bonds is 2. The van der Waals surface area contributed by atoms with Crippen molar-refractivity contribution in [1.29, 1.82) is 0 Å². The number of carbonyl (C=O) groups is 1. The summed E-state index contributed by atoms with van der Waals surface area (Å²) in [6.07, 6.45) is 2.66. The van der Waals surface area contributed by atoms with Gasteiger partial charge in [-0.15, -0.1) is 0 Å². The number of hydrogen-bond acceptors (Lipinski definition) is 1. The second-order valence-electron chi connectivity index (χ2n) is 6.19. The Bertz CT molecular complexity index is 915. The molecule has 0 fully saturated rings. The Hall–Kier alpha value is -1.97. The Kier molecular flexibility index (Phi) is 3.99. The fourth-order valence-electron chi connectivity index (χ4n) is 3.38. The third kappa shape index (κ3) is 2.90. The van der Waals surface area contributed by atoms with Gasteiger partial charge < -0.3 is 10.3 Å². The number of hydrogen-bond donors (Lipinski definition) is 2. The minimum atomic E-state index is -0.0574. The molecular weight excluding hydrogens is 343 g/mol. The molecule has 1 atom stereocenters. The average Bonchev–Trinajstić information content (AvgIpc) is 2.93. The minimum absolute atomic E-state index is 0.0574. The van der Waals surface area contributed by atoms with Gasteiger partial charge in [0.1, 0.15) is 0 Å². The zero-order chi connectivity index (χ0) is 16.7. The van der Waals surface area contributed by atoms with Gasteiger partial charge in [-0.25, -0.2) is 0 Å². The molecule has 0 saturated heterocycles. The normalized spacial score (nSPS) is 16.8. The molecule has 3 nitrogen and oxygen atoms in total. The van der Waals surface area contributed by atoms with Crippen molar-refractivity contribution in [3.8, 4) is 0 Å². The summed E-state index contributed by atoms with van der Waals surface area (Å²) >= 11 is 12.0. The van der Waals surface area contributed by atoms with Gasteiger partial charge >= 0.3 is 0 Å². The van der Waals surface area contributed by atoms with E-state index in [2.05, 4.69) is 10.3 Å². The summed E-state index contributed by atoms with van der Waals surface area (Å²) in [5.41, 5.74) is 4.26. The summed E-state index contributed by atoms with van der Waals surface area (Å²) in [4.78, 5) is 15.9. The molecule has 0 saturated carbocycles. The quantitative estimate of drug-likeness (QED) is 0.681. The maximum atomic E-state index is 12.4. The average molecular weight is 359 g/mol. The Morgan fingerprint density at radius 2 is 1.83 bits per heavy atom. The summed E-state index contributed by atoms with van der Waals surface area (Å²) in [6.45, 7) is 0. The predicted molar refractivity (Wildman–Crippen MR) is 98.0 cm³/mol. The summed E-state index contributed by atoms with van der Waals surface area (Å²) in [7, 11) is 0. The highest BCUT2D eigenvalue weighted by Gasteiger charge is 2.24. The lowest BCUT2D eigenvalue weighted by Gasteiger charge is -2.23. The summed E-state index contributed by atoms with van der Waals surface area (Å²) in [5, 5.41) is 5.65.